The molecule has 27 heavy (non-hydrogen) atoms. The average Bonchev–Trinajstić information content (AvgIpc) is 3.07. The number of nitrogens with one attached hydrogen (secondary N) is 2. The minimum atomic E-state index is -0.518. The van der Waals surface area contributed by atoms with E-state index in [0.717, 1.165) is 21.1 Å². The van der Waals surface area contributed by atoms with Gasteiger partial charge in [0.25, 0.3) is 11.6 Å². The Balaban J connectivity index is 1.84. The van der Waals surface area contributed by atoms with Crippen molar-refractivity contribution in [3.63, 3.8) is 0 Å². The summed E-state index contributed by atoms with van der Waals surface area (Å²) in [6.45, 7) is 2.41. The molecule has 0 aliphatic heterocycles. The summed E-state index contributed by atoms with van der Waals surface area (Å²) < 4.78 is 0. The molecule has 0 radical (unpaired) electrons. The van der Waals surface area contributed by atoms with E-state index in [9.17, 15) is 14.9 Å². The number of thiazole rings is 1. The maximum absolute atomic E-state index is 12.1. The summed E-state index contributed by atoms with van der Waals surface area (Å²) in [6, 6.07) is 14.1. The number of hydrogen-bond acceptors (Lipinski definition) is 6. The number of nitro benzene ring substituents is 1. The lowest BCUT2D eigenvalue weighted by molar-refractivity contribution is -0.384. The summed E-state index contributed by atoms with van der Waals surface area (Å²) >= 11 is 1.58. The van der Waals surface area contributed by atoms with Gasteiger partial charge in [-0.15, -0.1) is 11.3 Å². The first-order chi connectivity index (χ1) is 13.0. The lowest BCUT2D eigenvalue weighted by Gasteiger charge is -2.10. The molecule has 7 nitrogen and oxygen atoms in total. The molecule has 0 aliphatic rings. The van der Waals surface area contributed by atoms with Gasteiger partial charge in [-0.2, -0.15) is 0 Å². The molecule has 0 saturated heterocycles. The summed E-state index contributed by atoms with van der Waals surface area (Å²) in [4.78, 5) is 28.2. The third kappa shape index (κ3) is 4.12. The Kier molecular flexibility index (Phi) is 5.46. The number of carbonyl (C=O) groups is 1. The highest BCUT2D eigenvalue weighted by Crippen LogP contribution is 2.29. The lowest BCUT2D eigenvalue weighted by Crippen LogP contribution is -2.20. The largest absolute Gasteiger partial charge is 0.379 e. The first-order valence-corrected chi connectivity index (χ1v) is 9.07. The minimum Gasteiger partial charge on any atom is -0.379 e. The van der Waals surface area contributed by atoms with Crippen LogP contribution in [0, 0.1) is 17.0 Å². The van der Waals surface area contributed by atoms with Gasteiger partial charge in [0.15, 0.2) is 0 Å². The number of aryl methyl sites for hydroxylation is 1. The van der Waals surface area contributed by atoms with Gasteiger partial charge in [-0.3, -0.25) is 14.9 Å². The summed E-state index contributed by atoms with van der Waals surface area (Å²) in [5.41, 5.74) is 2.61. The predicted octanol–water partition coefficient (Wildman–Crippen LogP) is 4.00. The molecule has 1 aromatic heterocycles. The highest BCUT2D eigenvalue weighted by molar-refractivity contribution is 7.15. The Morgan fingerprint density at radius 1 is 1.22 bits per heavy atom. The standard InChI is InChI=1S/C19H18N4O3S/c1-12-17(27-19(22-12)13-6-4-3-5-7-13)11-21-16-9-8-14(23(25)26)10-15(16)18(24)20-2/h3-10,21H,11H2,1-2H3,(H,20,24). The molecule has 0 saturated carbocycles. The summed E-state index contributed by atoms with van der Waals surface area (Å²) in [5.74, 6) is -0.382. The number of rotatable bonds is 6. The Morgan fingerprint density at radius 3 is 2.63 bits per heavy atom. The van der Waals surface area contributed by atoms with Crippen LogP contribution in [0.3, 0.4) is 0 Å². The number of amides is 1. The maximum Gasteiger partial charge on any atom is 0.270 e. The molecule has 3 rings (SSSR count). The fourth-order valence-electron chi connectivity index (χ4n) is 2.59. The molecule has 0 bridgehead atoms. The van der Waals surface area contributed by atoms with Gasteiger partial charge < -0.3 is 10.6 Å². The van der Waals surface area contributed by atoms with Gasteiger partial charge in [-0.1, -0.05) is 30.3 Å². The third-order valence-electron chi connectivity index (χ3n) is 4.04. The smallest absolute Gasteiger partial charge is 0.270 e. The molecule has 0 unspecified atom stereocenters. The fraction of sp³-hybridized carbons (Fsp3) is 0.158. The average molecular weight is 382 g/mol. The molecular weight excluding hydrogens is 364 g/mol. The van der Waals surface area contributed by atoms with Crippen LogP contribution >= 0.6 is 11.3 Å². The van der Waals surface area contributed by atoms with Crippen molar-refractivity contribution >= 4 is 28.6 Å². The van der Waals surface area contributed by atoms with E-state index in [1.54, 1.807) is 17.4 Å². The van der Waals surface area contributed by atoms with E-state index in [0.29, 0.717) is 12.2 Å². The fourth-order valence-corrected chi connectivity index (χ4v) is 3.60. The van der Waals surface area contributed by atoms with Crippen molar-refractivity contribution in [3.8, 4) is 10.6 Å². The van der Waals surface area contributed by atoms with E-state index < -0.39 is 4.92 Å². The minimum absolute atomic E-state index is 0.125. The molecule has 0 spiro atoms. The number of aromatic nitrogens is 1. The van der Waals surface area contributed by atoms with Gasteiger partial charge in [0.1, 0.15) is 5.01 Å². The van der Waals surface area contributed by atoms with Gasteiger partial charge in [0, 0.05) is 35.3 Å². The first kappa shape index (κ1) is 18.5. The van der Waals surface area contributed by atoms with E-state index in [-0.39, 0.29) is 17.2 Å². The second-order valence-electron chi connectivity index (χ2n) is 5.81. The van der Waals surface area contributed by atoms with E-state index in [4.69, 9.17) is 0 Å². The highest BCUT2D eigenvalue weighted by atomic mass is 32.1. The van der Waals surface area contributed by atoms with Crippen LogP contribution in [0.2, 0.25) is 0 Å². The zero-order chi connectivity index (χ0) is 19.4. The SMILES string of the molecule is CNC(=O)c1cc([N+](=O)[O-])ccc1NCc1sc(-c2ccccc2)nc1C. The van der Waals surface area contributed by atoms with Crippen molar-refractivity contribution in [1.29, 1.82) is 0 Å². The molecule has 3 aromatic rings. The molecule has 8 heteroatoms. The molecule has 0 aliphatic carbocycles. The van der Waals surface area contributed by atoms with E-state index >= 15 is 0 Å². The second-order valence-corrected chi connectivity index (χ2v) is 6.90. The monoisotopic (exact) mass is 382 g/mol. The van der Waals surface area contributed by atoms with Crippen LogP contribution in [0.1, 0.15) is 20.9 Å². The third-order valence-corrected chi connectivity index (χ3v) is 5.24. The van der Waals surface area contributed by atoms with Crippen LogP contribution < -0.4 is 10.6 Å². The van der Waals surface area contributed by atoms with Crippen molar-refractivity contribution in [2.75, 3.05) is 12.4 Å². The number of nitro groups is 1. The van der Waals surface area contributed by atoms with Crippen LogP contribution in [-0.4, -0.2) is 22.9 Å². The van der Waals surface area contributed by atoms with Crippen LogP contribution in [0.25, 0.3) is 10.6 Å². The zero-order valence-electron chi connectivity index (χ0n) is 14.9. The van der Waals surface area contributed by atoms with Crippen molar-refractivity contribution in [1.82, 2.24) is 10.3 Å². The number of carbonyl (C=O) groups excluding carboxylic acids is 1. The van der Waals surface area contributed by atoms with Crippen molar-refractivity contribution < 1.29 is 9.72 Å². The van der Waals surface area contributed by atoms with Crippen molar-refractivity contribution in [2.45, 2.75) is 13.5 Å². The number of anilines is 1. The second kappa shape index (κ2) is 7.96. The summed E-state index contributed by atoms with van der Waals surface area (Å²) in [5, 5.41) is 17.6. The number of non-ortho nitro benzene ring substituents is 1. The quantitative estimate of drug-likeness (QED) is 0.496. The number of hydrogen-bond donors (Lipinski definition) is 2. The molecule has 1 amide bonds. The van der Waals surface area contributed by atoms with Gasteiger partial charge in [-0.25, -0.2) is 4.98 Å². The van der Waals surface area contributed by atoms with Crippen LogP contribution in [0.4, 0.5) is 11.4 Å². The summed E-state index contributed by atoms with van der Waals surface area (Å²) in [6.07, 6.45) is 0. The Morgan fingerprint density at radius 2 is 1.96 bits per heavy atom. The molecule has 2 aromatic carbocycles. The van der Waals surface area contributed by atoms with E-state index in [2.05, 4.69) is 15.6 Å². The molecule has 0 fully saturated rings. The molecular formula is C19H18N4O3S. The number of benzene rings is 2. The molecule has 0 atom stereocenters. The van der Waals surface area contributed by atoms with Gasteiger partial charge >= 0.3 is 0 Å². The molecule has 1 heterocycles. The van der Waals surface area contributed by atoms with Crippen LogP contribution in [0.15, 0.2) is 48.5 Å². The number of nitrogens with zero attached hydrogens (tertiary/aromatic N) is 2. The molecule has 138 valence electrons. The Labute approximate surface area is 160 Å². The van der Waals surface area contributed by atoms with Gasteiger partial charge in [0.2, 0.25) is 0 Å². The summed E-state index contributed by atoms with van der Waals surface area (Å²) in [7, 11) is 1.49. The lowest BCUT2D eigenvalue weighted by atomic mass is 10.1. The van der Waals surface area contributed by atoms with Crippen LogP contribution in [-0.2, 0) is 6.54 Å². The maximum atomic E-state index is 12.1. The Bertz CT molecular complexity index is 986. The topological polar surface area (TPSA) is 97.2 Å². The molecule has 2 N–H and O–H groups in total. The van der Waals surface area contributed by atoms with Crippen LogP contribution in [0.5, 0.6) is 0 Å². The Hall–Kier alpha value is -3.26. The highest BCUT2D eigenvalue weighted by Gasteiger charge is 2.17. The zero-order valence-corrected chi connectivity index (χ0v) is 15.7. The van der Waals surface area contributed by atoms with Gasteiger partial charge in [0.05, 0.1) is 22.7 Å². The van der Waals surface area contributed by atoms with Crippen molar-refractivity contribution in [2.24, 2.45) is 0 Å². The van der Waals surface area contributed by atoms with E-state index in [1.807, 2.05) is 37.3 Å². The first-order valence-electron chi connectivity index (χ1n) is 8.25. The predicted molar refractivity (Wildman–Crippen MR) is 106 cm³/mol. The normalized spacial score (nSPS) is 10.4. The van der Waals surface area contributed by atoms with E-state index in [1.165, 1.54) is 19.2 Å². The van der Waals surface area contributed by atoms with Crippen molar-refractivity contribution in [3.05, 3.63) is 74.8 Å². The van der Waals surface area contributed by atoms with Gasteiger partial charge in [-0.05, 0) is 13.0 Å².